The molecule has 10 heteroatoms. The molecular formula is C22H19BrN2O5S2. The summed E-state index contributed by atoms with van der Waals surface area (Å²) in [6.07, 6.45) is 1.24. The molecule has 1 aliphatic rings. The first-order valence-corrected chi connectivity index (χ1v) is 12.8. The Bertz CT molecular complexity index is 1310. The minimum Gasteiger partial charge on any atom is -0.478 e. The molecule has 0 spiro atoms. The topological polar surface area (TPSA) is 113 Å². The van der Waals surface area contributed by atoms with Crippen LogP contribution in [0.15, 0.2) is 57.2 Å². The highest BCUT2D eigenvalue weighted by Crippen LogP contribution is 2.29. The van der Waals surface area contributed by atoms with Crippen LogP contribution in [-0.2, 0) is 22.9 Å². The lowest BCUT2D eigenvalue weighted by Crippen LogP contribution is -2.35. The Balaban J connectivity index is 1.53. The van der Waals surface area contributed by atoms with Gasteiger partial charge in [0.1, 0.15) is 0 Å². The number of anilines is 1. The Hall–Kier alpha value is -2.53. The molecule has 1 amide bonds. The number of rotatable bonds is 6. The van der Waals surface area contributed by atoms with Crippen LogP contribution >= 0.6 is 27.3 Å². The second-order valence-corrected chi connectivity index (χ2v) is 11.0. The van der Waals surface area contributed by atoms with Gasteiger partial charge in [0, 0.05) is 15.9 Å². The molecule has 0 aliphatic heterocycles. The van der Waals surface area contributed by atoms with Crippen molar-refractivity contribution in [1.29, 1.82) is 0 Å². The smallest absolute Gasteiger partial charge is 0.337 e. The van der Waals surface area contributed by atoms with E-state index in [9.17, 15) is 23.1 Å². The van der Waals surface area contributed by atoms with Gasteiger partial charge in [0.25, 0.3) is 5.91 Å². The van der Waals surface area contributed by atoms with Crippen molar-refractivity contribution >= 4 is 54.9 Å². The third-order valence-corrected chi connectivity index (χ3v) is 8.69. The second-order valence-electron chi connectivity index (χ2n) is 7.50. The van der Waals surface area contributed by atoms with Gasteiger partial charge in [-0.15, -0.1) is 11.3 Å². The lowest BCUT2D eigenvalue weighted by Gasteiger charge is -2.13. The van der Waals surface area contributed by atoms with Crippen LogP contribution in [0.25, 0.3) is 0 Å². The number of sulfonamides is 1. The minimum atomic E-state index is -3.82. The molecule has 0 fully saturated rings. The number of hydrogen-bond donors (Lipinski definition) is 3. The summed E-state index contributed by atoms with van der Waals surface area (Å²) in [6.45, 7) is 1.57. The van der Waals surface area contributed by atoms with Crippen molar-refractivity contribution in [3.8, 4) is 0 Å². The predicted molar refractivity (Wildman–Crippen MR) is 126 cm³/mol. The standard InChI is InChI=1S/C22H19BrN2O5S2/c1-12-19(32(29,30)25-16-8-13-4-2-3-5-14(13)9-16)11-31-20(12)21(26)24-18-7-6-15(23)10-17(18)22(27)28/h2-7,10-11,16,25H,8-9H2,1H3,(H,24,26)(H,27,28). The van der Waals surface area contributed by atoms with Crippen LogP contribution in [0.3, 0.4) is 0 Å². The van der Waals surface area contributed by atoms with Gasteiger partial charge in [0.2, 0.25) is 10.0 Å². The van der Waals surface area contributed by atoms with E-state index in [-0.39, 0.29) is 27.1 Å². The van der Waals surface area contributed by atoms with E-state index >= 15 is 0 Å². The Morgan fingerprint density at radius 3 is 2.41 bits per heavy atom. The molecule has 4 rings (SSSR count). The lowest BCUT2D eigenvalue weighted by molar-refractivity contribution is 0.0698. The number of amides is 1. The van der Waals surface area contributed by atoms with E-state index in [2.05, 4.69) is 26.0 Å². The molecule has 1 heterocycles. The Morgan fingerprint density at radius 2 is 1.78 bits per heavy atom. The van der Waals surface area contributed by atoms with Gasteiger partial charge >= 0.3 is 5.97 Å². The average Bonchev–Trinajstić information content (AvgIpc) is 3.31. The summed E-state index contributed by atoms with van der Waals surface area (Å²) >= 11 is 4.22. The molecule has 7 nitrogen and oxygen atoms in total. The van der Waals surface area contributed by atoms with E-state index in [0.717, 1.165) is 22.5 Å². The largest absolute Gasteiger partial charge is 0.478 e. The number of carbonyl (C=O) groups excluding carboxylic acids is 1. The SMILES string of the molecule is Cc1c(S(=O)(=O)NC2Cc3ccccc3C2)csc1C(=O)Nc1ccc(Br)cc1C(=O)O. The summed E-state index contributed by atoms with van der Waals surface area (Å²) < 4.78 is 29.4. The zero-order valence-electron chi connectivity index (χ0n) is 16.9. The van der Waals surface area contributed by atoms with Crippen LogP contribution in [0.4, 0.5) is 5.69 Å². The molecular weight excluding hydrogens is 516 g/mol. The molecule has 1 aromatic heterocycles. The minimum absolute atomic E-state index is 0.0536. The first kappa shape index (κ1) is 22.7. The first-order valence-electron chi connectivity index (χ1n) is 9.67. The van der Waals surface area contributed by atoms with Crippen LogP contribution in [0.5, 0.6) is 0 Å². The number of hydrogen-bond acceptors (Lipinski definition) is 5. The van der Waals surface area contributed by atoms with Gasteiger partial charge in [-0.05, 0) is 54.7 Å². The van der Waals surface area contributed by atoms with Gasteiger partial charge in [0.15, 0.2) is 0 Å². The van der Waals surface area contributed by atoms with Crippen molar-refractivity contribution in [2.75, 3.05) is 5.32 Å². The summed E-state index contributed by atoms with van der Waals surface area (Å²) in [6, 6.07) is 12.1. The van der Waals surface area contributed by atoms with Gasteiger partial charge in [-0.25, -0.2) is 17.9 Å². The van der Waals surface area contributed by atoms with Gasteiger partial charge in [0.05, 0.1) is 21.0 Å². The average molecular weight is 535 g/mol. The fourth-order valence-electron chi connectivity index (χ4n) is 3.80. The molecule has 0 saturated heterocycles. The fourth-order valence-corrected chi connectivity index (χ4v) is 6.96. The van der Waals surface area contributed by atoms with Crippen molar-refractivity contribution in [3.05, 3.63) is 79.4 Å². The lowest BCUT2D eigenvalue weighted by atomic mass is 10.1. The van der Waals surface area contributed by atoms with Crippen LogP contribution in [0.2, 0.25) is 0 Å². The van der Waals surface area contributed by atoms with Crippen LogP contribution in [0, 0.1) is 6.92 Å². The summed E-state index contributed by atoms with van der Waals surface area (Å²) in [4.78, 5) is 24.6. The number of carboxylic acids is 1. The second kappa shape index (κ2) is 8.78. The Kier molecular flexibility index (Phi) is 6.22. The van der Waals surface area contributed by atoms with Gasteiger partial charge in [-0.3, -0.25) is 4.79 Å². The van der Waals surface area contributed by atoms with Gasteiger partial charge in [-0.2, -0.15) is 0 Å². The van der Waals surface area contributed by atoms with Crippen molar-refractivity contribution in [1.82, 2.24) is 4.72 Å². The van der Waals surface area contributed by atoms with E-state index in [1.807, 2.05) is 24.3 Å². The normalized spacial score (nSPS) is 13.7. The Morgan fingerprint density at radius 1 is 1.12 bits per heavy atom. The molecule has 2 aromatic carbocycles. The Labute approximate surface area is 197 Å². The number of halogens is 1. The number of thiophene rings is 1. The highest BCUT2D eigenvalue weighted by Gasteiger charge is 2.29. The highest BCUT2D eigenvalue weighted by molar-refractivity contribution is 9.10. The molecule has 0 saturated carbocycles. The van der Waals surface area contributed by atoms with E-state index in [0.29, 0.717) is 22.9 Å². The molecule has 1 aliphatic carbocycles. The third kappa shape index (κ3) is 4.49. The zero-order chi connectivity index (χ0) is 23.0. The van der Waals surface area contributed by atoms with Crippen molar-refractivity contribution in [3.63, 3.8) is 0 Å². The number of carboxylic acid groups (broad SMARTS) is 1. The van der Waals surface area contributed by atoms with Gasteiger partial charge in [-0.1, -0.05) is 40.2 Å². The summed E-state index contributed by atoms with van der Waals surface area (Å²) in [5.41, 5.74) is 2.64. The summed E-state index contributed by atoms with van der Waals surface area (Å²) in [7, 11) is -3.82. The van der Waals surface area contributed by atoms with E-state index in [4.69, 9.17) is 0 Å². The van der Waals surface area contributed by atoms with Gasteiger partial charge < -0.3 is 10.4 Å². The maximum absolute atomic E-state index is 13.0. The molecule has 3 aromatic rings. The number of nitrogens with one attached hydrogen (secondary N) is 2. The molecule has 0 bridgehead atoms. The van der Waals surface area contributed by atoms with Crippen LogP contribution in [-0.4, -0.2) is 31.4 Å². The number of carbonyl (C=O) groups is 2. The van der Waals surface area contributed by atoms with E-state index < -0.39 is 21.9 Å². The van der Waals surface area contributed by atoms with E-state index in [1.54, 1.807) is 13.0 Å². The highest BCUT2D eigenvalue weighted by atomic mass is 79.9. The number of benzene rings is 2. The molecule has 32 heavy (non-hydrogen) atoms. The number of aromatic carboxylic acids is 1. The van der Waals surface area contributed by atoms with Crippen LogP contribution in [0.1, 0.15) is 36.7 Å². The van der Waals surface area contributed by atoms with Crippen molar-refractivity contribution < 1.29 is 23.1 Å². The first-order chi connectivity index (χ1) is 15.2. The fraction of sp³-hybridized carbons (Fsp3) is 0.182. The quantitative estimate of drug-likeness (QED) is 0.438. The van der Waals surface area contributed by atoms with Crippen molar-refractivity contribution in [2.24, 2.45) is 0 Å². The van der Waals surface area contributed by atoms with E-state index in [1.165, 1.54) is 17.5 Å². The third-order valence-electron chi connectivity index (χ3n) is 5.32. The molecule has 0 atom stereocenters. The summed E-state index contributed by atoms with van der Waals surface area (Å²) in [5.74, 6) is -1.75. The molecule has 0 unspecified atom stereocenters. The molecule has 0 radical (unpaired) electrons. The molecule has 166 valence electrons. The van der Waals surface area contributed by atoms with Crippen molar-refractivity contribution in [2.45, 2.75) is 30.7 Å². The summed E-state index contributed by atoms with van der Waals surface area (Å²) in [5, 5.41) is 13.4. The monoisotopic (exact) mass is 534 g/mol. The molecule has 3 N–H and O–H groups in total. The predicted octanol–water partition coefficient (Wildman–Crippen LogP) is 4.22. The number of fused-ring (bicyclic) bond motifs is 1. The maximum Gasteiger partial charge on any atom is 0.337 e. The van der Waals surface area contributed by atoms with Crippen LogP contribution < -0.4 is 10.0 Å². The maximum atomic E-state index is 13.0. The zero-order valence-corrected chi connectivity index (χ0v) is 20.1.